The summed E-state index contributed by atoms with van der Waals surface area (Å²) >= 11 is 1.97. The van der Waals surface area contributed by atoms with Crippen LogP contribution in [0.5, 0.6) is 5.75 Å². The number of thioether (sulfide) groups is 1. The van der Waals surface area contributed by atoms with E-state index in [9.17, 15) is 4.79 Å². The second kappa shape index (κ2) is 12.7. The van der Waals surface area contributed by atoms with Crippen molar-refractivity contribution in [3.05, 3.63) is 124 Å². The summed E-state index contributed by atoms with van der Waals surface area (Å²) in [4.78, 5) is 17.1. The average molecular weight is 613 g/mol. The van der Waals surface area contributed by atoms with Crippen LogP contribution in [0, 0.1) is 20.8 Å². The standard InChI is InChI=1S/C34H31NO3SSe/c1-22-9-13-28(14-10-22)34-35-24(3)33(40-34)31(39-29-17-18-30(23(2)19-29)38-21-32(36)37)20-25-11-15-27(16-12-25)26-7-5-4-6-8-26/h4-19,31H,20-21H2,1-3H3,(H,36,37). The van der Waals surface area contributed by atoms with Crippen molar-refractivity contribution >= 4 is 32.2 Å². The van der Waals surface area contributed by atoms with Crippen LogP contribution in [0.1, 0.15) is 32.1 Å². The molecule has 0 bridgehead atoms. The molecule has 0 spiro atoms. The zero-order chi connectivity index (χ0) is 28.1. The van der Waals surface area contributed by atoms with Gasteiger partial charge in [0.15, 0.2) is 0 Å². The zero-order valence-electron chi connectivity index (χ0n) is 22.8. The predicted octanol–water partition coefficient (Wildman–Crippen LogP) is 7.94. The Morgan fingerprint density at radius 2 is 1.55 bits per heavy atom. The number of aryl methyl sites for hydroxylation is 3. The molecular weight excluding hydrogens is 581 g/mol. The third kappa shape index (κ3) is 6.95. The second-order valence-electron chi connectivity index (χ2n) is 9.82. The van der Waals surface area contributed by atoms with Gasteiger partial charge in [0.1, 0.15) is 0 Å². The van der Waals surface area contributed by atoms with Gasteiger partial charge in [-0.3, -0.25) is 0 Å². The summed E-state index contributed by atoms with van der Waals surface area (Å²) in [6.07, 6.45) is 0.890. The predicted molar refractivity (Wildman–Crippen MR) is 165 cm³/mol. The van der Waals surface area contributed by atoms with Gasteiger partial charge >= 0.3 is 247 Å². The summed E-state index contributed by atoms with van der Waals surface area (Å²) in [5.41, 5.74) is 8.21. The van der Waals surface area contributed by atoms with Crippen molar-refractivity contribution in [3.8, 4) is 27.0 Å². The molecule has 202 valence electrons. The Bertz CT molecular complexity index is 1600. The van der Waals surface area contributed by atoms with Gasteiger partial charge in [0, 0.05) is 0 Å². The van der Waals surface area contributed by atoms with Gasteiger partial charge in [0.05, 0.1) is 0 Å². The number of carboxylic acid groups (broad SMARTS) is 1. The number of ether oxygens (including phenoxy) is 1. The van der Waals surface area contributed by atoms with Crippen LogP contribution < -0.4 is 4.74 Å². The van der Waals surface area contributed by atoms with Gasteiger partial charge in [-0.05, 0) is 0 Å². The molecular formula is C34H31NO3SSe. The third-order valence-corrected chi connectivity index (χ3v) is 11.0. The normalized spacial score (nSPS) is 11.8. The molecule has 5 aromatic rings. The Morgan fingerprint density at radius 3 is 2.23 bits per heavy atom. The average Bonchev–Trinajstić information content (AvgIpc) is 3.35. The van der Waals surface area contributed by atoms with E-state index in [1.165, 1.54) is 36.8 Å². The Balaban J connectivity index is 1.44. The van der Waals surface area contributed by atoms with Crippen molar-refractivity contribution in [1.82, 2.24) is 4.98 Å². The number of rotatable bonds is 10. The quantitative estimate of drug-likeness (QED) is 0.128. The van der Waals surface area contributed by atoms with E-state index in [0.29, 0.717) is 5.75 Å². The molecule has 0 aliphatic carbocycles. The summed E-state index contributed by atoms with van der Waals surface area (Å²) in [6, 6.07) is 34.0. The molecule has 4 aromatic carbocycles. The molecule has 1 unspecified atom stereocenters. The van der Waals surface area contributed by atoms with Crippen LogP contribution in [0.3, 0.4) is 0 Å². The summed E-state index contributed by atoms with van der Waals surface area (Å²) < 4.78 is 8.04. The number of carboxylic acids is 1. The molecule has 6 heteroatoms. The number of carbonyl (C=O) groups is 1. The van der Waals surface area contributed by atoms with E-state index in [4.69, 9.17) is 14.8 Å². The number of aromatic nitrogens is 1. The Hall–Kier alpha value is -3.57. The minimum absolute atomic E-state index is 0.126. The van der Waals surface area contributed by atoms with Crippen molar-refractivity contribution in [1.29, 1.82) is 0 Å². The van der Waals surface area contributed by atoms with Gasteiger partial charge < -0.3 is 0 Å². The van der Waals surface area contributed by atoms with E-state index in [1.54, 1.807) is 0 Å². The van der Waals surface area contributed by atoms with Crippen LogP contribution in [0.4, 0.5) is 0 Å². The molecule has 0 radical (unpaired) electrons. The molecule has 1 heterocycles. The molecule has 1 atom stereocenters. The summed E-state index contributed by atoms with van der Waals surface area (Å²) in [6.45, 7) is 5.86. The van der Waals surface area contributed by atoms with Gasteiger partial charge in [-0.1, -0.05) is 0 Å². The minimum atomic E-state index is -0.980. The number of nitrogens with zero attached hydrogens (tertiary/aromatic N) is 1. The molecule has 0 aliphatic rings. The van der Waals surface area contributed by atoms with E-state index in [2.05, 4.69) is 92.7 Å². The van der Waals surface area contributed by atoms with E-state index >= 15 is 0 Å². The molecule has 1 aromatic heterocycles. The molecule has 0 saturated carbocycles. The fourth-order valence-electron chi connectivity index (χ4n) is 4.55. The van der Waals surface area contributed by atoms with E-state index in [0.717, 1.165) is 22.6 Å². The van der Waals surface area contributed by atoms with Crippen molar-refractivity contribution in [3.63, 3.8) is 0 Å². The second-order valence-corrected chi connectivity index (χ2v) is 13.3. The monoisotopic (exact) mass is 613 g/mol. The zero-order valence-corrected chi connectivity index (χ0v) is 25.3. The van der Waals surface area contributed by atoms with Crippen LogP contribution in [0.2, 0.25) is 0 Å². The fourth-order valence-corrected chi connectivity index (χ4v) is 8.59. The van der Waals surface area contributed by atoms with Crippen LogP contribution in [0.25, 0.3) is 21.3 Å². The first-order valence-corrected chi connectivity index (χ1v) is 15.8. The first-order valence-electron chi connectivity index (χ1n) is 13.2. The molecule has 5 rings (SSSR count). The first-order chi connectivity index (χ1) is 19.4. The Labute approximate surface area is 245 Å². The van der Waals surface area contributed by atoms with Crippen LogP contribution in [-0.4, -0.2) is 37.2 Å². The van der Waals surface area contributed by atoms with Gasteiger partial charge in [-0.25, -0.2) is 0 Å². The first kappa shape index (κ1) is 28.0. The summed E-state index contributed by atoms with van der Waals surface area (Å²) in [5, 5.41) is 9.20. The molecule has 0 amide bonds. The number of hydrogen-bond donors (Lipinski definition) is 1. The number of aliphatic carboxylic acids is 1. The third-order valence-electron chi connectivity index (χ3n) is 6.68. The summed E-state index contributed by atoms with van der Waals surface area (Å²) in [5.74, 6) is -0.378. The van der Waals surface area contributed by atoms with Gasteiger partial charge in [-0.2, -0.15) is 0 Å². The van der Waals surface area contributed by atoms with Crippen LogP contribution >= 0.6 is 11.8 Å². The Morgan fingerprint density at radius 1 is 0.875 bits per heavy atom. The van der Waals surface area contributed by atoms with Gasteiger partial charge in [0.2, 0.25) is 0 Å². The van der Waals surface area contributed by atoms with Crippen molar-refractivity contribution < 1.29 is 14.6 Å². The molecule has 40 heavy (non-hydrogen) atoms. The Kier molecular flexibility index (Phi) is 8.91. The molecule has 0 saturated heterocycles. The van der Waals surface area contributed by atoms with Gasteiger partial charge in [-0.15, -0.1) is 0 Å². The SMILES string of the molecule is Cc1ccc(-c2nc(C)c(C(Cc3ccc(-c4ccccc4)cc3)Sc3ccc(OCC(=O)O)c(C)c3)[se]2)cc1. The van der Waals surface area contributed by atoms with Crippen molar-refractivity contribution in [2.75, 3.05) is 6.61 Å². The molecule has 4 nitrogen and oxygen atoms in total. The van der Waals surface area contributed by atoms with Crippen molar-refractivity contribution in [2.24, 2.45) is 0 Å². The molecule has 1 N–H and O–H groups in total. The number of benzene rings is 4. The number of hydrogen-bond acceptors (Lipinski definition) is 4. The molecule has 0 fully saturated rings. The van der Waals surface area contributed by atoms with Crippen LogP contribution in [-0.2, 0) is 11.2 Å². The maximum atomic E-state index is 11.0. The van der Waals surface area contributed by atoms with Crippen molar-refractivity contribution in [2.45, 2.75) is 37.3 Å². The molecule has 0 aliphatic heterocycles. The summed E-state index contributed by atoms with van der Waals surface area (Å²) in [7, 11) is 0. The maximum absolute atomic E-state index is 11.0. The fraction of sp³-hybridized carbons (Fsp3) is 0.176. The topological polar surface area (TPSA) is 59.4 Å². The van der Waals surface area contributed by atoms with E-state index < -0.39 is 5.97 Å². The van der Waals surface area contributed by atoms with E-state index in [-0.39, 0.29) is 26.4 Å². The van der Waals surface area contributed by atoms with Gasteiger partial charge in [0.25, 0.3) is 0 Å². The van der Waals surface area contributed by atoms with E-state index in [1.807, 2.05) is 36.9 Å². The van der Waals surface area contributed by atoms with Crippen LogP contribution in [0.15, 0.2) is 102 Å².